The molecule has 1 aromatic rings. The first-order chi connectivity index (χ1) is 7.16. The lowest BCUT2D eigenvalue weighted by Gasteiger charge is -2.18. The summed E-state index contributed by atoms with van der Waals surface area (Å²) in [6.45, 7) is 0. The van der Waals surface area contributed by atoms with E-state index in [0.29, 0.717) is 6.07 Å². The van der Waals surface area contributed by atoms with Crippen LogP contribution in [0.4, 0.5) is 22.0 Å². The van der Waals surface area contributed by atoms with Gasteiger partial charge in [0.15, 0.2) is 11.6 Å². The highest BCUT2D eigenvalue weighted by Gasteiger charge is 2.42. The van der Waals surface area contributed by atoms with Gasteiger partial charge in [0.05, 0.1) is 10.0 Å². The Hall–Kier alpha value is -0.890. The predicted octanol–water partition coefficient (Wildman–Crippen LogP) is 2.99. The van der Waals surface area contributed by atoms with Crippen molar-refractivity contribution in [2.75, 3.05) is 0 Å². The molecule has 1 rings (SSSR count). The third kappa shape index (κ3) is 2.27. The first kappa shape index (κ1) is 13.2. The Kier molecular flexibility index (Phi) is 3.44. The van der Waals surface area contributed by atoms with Gasteiger partial charge in [-0.1, -0.05) is 0 Å². The summed E-state index contributed by atoms with van der Waals surface area (Å²) in [5, 5.41) is 9.20. The Balaban J connectivity index is 3.44. The van der Waals surface area contributed by atoms with Crippen molar-refractivity contribution in [3.63, 3.8) is 0 Å². The van der Waals surface area contributed by atoms with Crippen LogP contribution >= 0.6 is 15.9 Å². The van der Waals surface area contributed by atoms with E-state index >= 15 is 0 Å². The highest BCUT2D eigenvalue weighted by Crippen LogP contribution is 2.40. The Morgan fingerprint density at radius 2 is 1.81 bits per heavy atom. The molecule has 1 aromatic carbocycles. The van der Waals surface area contributed by atoms with E-state index in [1.165, 1.54) is 0 Å². The van der Waals surface area contributed by atoms with Crippen molar-refractivity contribution < 1.29 is 27.1 Å². The molecule has 0 saturated heterocycles. The molecule has 3 N–H and O–H groups in total. The fourth-order valence-electron chi connectivity index (χ4n) is 1.05. The van der Waals surface area contributed by atoms with E-state index in [1.54, 1.807) is 0 Å². The average molecular weight is 306 g/mol. The van der Waals surface area contributed by atoms with Crippen LogP contribution < -0.4 is 5.73 Å². The number of hydrogen-bond acceptors (Lipinski definition) is 2. The van der Waals surface area contributed by atoms with E-state index in [-0.39, 0.29) is 0 Å². The second-order valence-corrected chi connectivity index (χ2v) is 3.79. The molecule has 0 unspecified atom stereocenters. The number of hydrogen-bond donors (Lipinski definition) is 2. The minimum absolute atomic E-state index is 0.402. The van der Waals surface area contributed by atoms with E-state index < -0.39 is 39.6 Å². The lowest BCUT2D eigenvalue weighted by Crippen LogP contribution is -2.29. The molecule has 0 saturated carbocycles. The van der Waals surface area contributed by atoms with Crippen LogP contribution in [0.5, 0.6) is 5.75 Å². The third-order valence-corrected chi connectivity index (χ3v) is 2.45. The SMILES string of the molecule is N[C@H](c1c(O)c(Br)cc(F)c1F)C(F)(F)F. The van der Waals surface area contributed by atoms with Gasteiger partial charge in [-0.15, -0.1) is 0 Å². The molecule has 90 valence electrons. The van der Waals surface area contributed by atoms with E-state index in [1.807, 2.05) is 0 Å². The van der Waals surface area contributed by atoms with Crippen LogP contribution in [0.3, 0.4) is 0 Å². The van der Waals surface area contributed by atoms with Gasteiger partial charge >= 0.3 is 6.18 Å². The summed E-state index contributed by atoms with van der Waals surface area (Å²) in [6.07, 6.45) is -4.98. The molecule has 0 aliphatic carbocycles. The van der Waals surface area contributed by atoms with Crippen LogP contribution in [0.1, 0.15) is 11.6 Å². The largest absolute Gasteiger partial charge is 0.506 e. The molecule has 1 atom stereocenters. The molecule has 0 amide bonds. The van der Waals surface area contributed by atoms with Crippen LogP contribution in [0.15, 0.2) is 10.5 Å². The van der Waals surface area contributed by atoms with Crippen molar-refractivity contribution in [2.45, 2.75) is 12.2 Å². The van der Waals surface area contributed by atoms with Gasteiger partial charge in [-0.3, -0.25) is 0 Å². The van der Waals surface area contributed by atoms with E-state index in [9.17, 15) is 27.1 Å². The zero-order valence-corrected chi connectivity index (χ0v) is 9.03. The monoisotopic (exact) mass is 305 g/mol. The molecular formula is C8H5BrF5NO. The molecule has 0 heterocycles. The highest BCUT2D eigenvalue weighted by atomic mass is 79.9. The number of nitrogens with two attached hydrogens (primary N) is 1. The lowest BCUT2D eigenvalue weighted by atomic mass is 10.1. The first-order valence-corrected chi connectivity index (χ1v) is 4.64. The summed E-state index contributed by atoms with van der Waals surface area (Å²) in [7, 11) is 0. The third-order valence-electron chi connectivity index (χ3n) is 1.84. The summed E-state index contributed by atoms with van der Waals surface area (Å²) in [5.41, 5.74) is 3.38. The first-order valence-electron chi connectivity index (χ1n) is 3.85. The number of alkyl halides is 3. The molecule has 0 aromatic heterocycles. The normalized spacial score (nSPS) is 13.9. The molecule has 0 spiro atoms. The maximum absolute atomic E-state index is 13.1. The second-order valence-electron chi connectivity index (χ2n) is 2.94. The summed E-state index contributed by atoms with van der Waals surface area (Å²) in [6, 6.07) is -2.28. The Labute approximate surface area is 95.0 Å². The molecular weight excluding hydrogens is 301 g/mol. The van der Waals surface area contributed by atoms with Crippen LogP contribution in [0.2, 0.25) is 0 Å². The smallest absolute Gasteiger partial charge is 0.407 e. The number of benzene rings is 1. The molecule has 0 bridgehead atoms. The summed E-state index contributed by atoms with van der Waals surface area (Å²) >= 11 is 2.59. The Morgan fingerprint density at radius 3 is 2.25 bits per heavy atom. The van der Waals surface area contributed by atoms with Crippen LogP contribution in [-0.4, -0.2) is 11.3 Å². The predicted molar refractivity (Wildman–Crippen MR) is 48.7 cm³/mol. The van der Waals surface area contributed by atoms with Crippen molar-refractivity contribution in [3.05, 3.63) is 27.7 Å². The maximum Gasteiger partial charge on any atom is 0.407 e. The Bertz CT molecular complexity index is 394. The van der Waals surface area contributed by atoms with Crippen molar-refractivity contribution in [3.8, 4) is 5.75 Å². The van der Waals surface area contributed by atoms with Gasteiger partial charge in [-0.25, -0.2) is 8.78 Å². The molecule has 8 heteroatoms. The van der Waals surface area contributed by atoms with Gasteiger partial charge < -0.3 is 10.8 Å². The van der Waals surface area contributed by atoms with E-state index in [4.69, 9.17) is 5.73 Å². The Morgan fingerprint density at radius 1 is 1.31 bits per heavy atom. The van der Waals surface area contributed by atoms with Gasteiger partial charge in [0, 0.05) is 0 Å². The molecule has 0 radical (unpaired) electrons. The zero-order chi connectivity index (χ0) is 12.7. The van der Waals surface area contributed by atoms with Crippen LogP contribution in [0, 0.1) is 11.6 Å². The van der Waals surface area contributed by atoms with Gasteiger partial charge in [0.2, 0.25) is 0 Å². The highest BCUT2D eigenvalue weighted by molar-refractivity contribution is 9.10. The number of halogens is 6. The van der Waals surface area contributed by atoms with Crippen molar-refractivity contribution >= 4 is 15.9 Å². The minimum Gasteiger partial charge on any atom is -0.506 e. The molecule has 0 aliphatic rings. The standard InChI is InChI=1S/C8H5BrF5NO/c9-2-1-3(10)5(11)4(6(2)16)7(15)8(12,13)14/h1,7,16H,15H2/t7-/m1/s1. The number of phenols is 1. The number of phenolic OH excluding ortho intramolecular Hbond substituents is 1. The van der Waals surface area contributed by atoms with Crippen molar-refractivity contribution in [1.82, 2.24) is 0 Å². The fraction of sp³-hybridized carbons (Fsp3) is 0.250. The summed E-state index contributed by atoms with van der Waals surface area (Å²) < 4.78 is 62.2. The average Bonchev–Trinajstić information content (AvgIpc) is 2.13. The van der Waals surface area contributed by atoms with Crippen molar-refractivity contribution in [2.24, 2.45) is 5.73 Å². The molecule has 0 aliphatic heterocycles. The molecule has 2 nitrogen and oxygen atoms in total. The molecule has 16 heavy (non-hydrogen) atoms. The summed E-state index contributed by atoms with van der Waals surface area (Å²) in [4.78, 5) is 0. The van der Waals surface area contributed by atoms with E-state index in [2.05, 4.69) is 15.9 Å². The topological polar surface area (TPSA) is 46.2 Å². The van der Waals surface area contributed by atoms with E-state index in [0.717, 1.165) is 0 Å². The summed E-state index contributed by atoms with van der Waals surface area (Å²) in [5.74, 6) is -4.41. The second kappa shape index (κ2) is 4.17. The van der Waals surface area contributed by atoms with Gasteiger partial charge in [-0.2, -0.15) is 13.2 Å². The van der Waals surface area contributed by atoms with Gasteiger partial charge in [0.25, 0.3) is 0 Å². The quantitative estimate of drug-likeness (QED) is 0.619. The number of rotatable bonds is 1. The zero-order valence-electron chi connectivity index (χ0n) is 7.45. The fourth-order valence-corrected chi connectivity index (χ4v) is 1.47. The number of aromatic hydroxyl groups is 1. The van der Waals surface area contributed by atoms with Gasteiger partial charge in [0.1, 0.15) is 11.8 Å². The van der Waals surface area contributed by atoms with Crippen molar-refractivity contribution in [1.29, 1.82) is 0 Å². The lowest BCUT2D eigenvalue weighted by molar-refractivity contribution is -0.150. The molecule has 0 fully saturated rings. The van der Waals surface area contributed by atoms with Crippen LogP contribution in [0.25, 0.3) is 0 Å². The van der Waals surface area contributed by atoms with Crippen LogP contribution in [-0.2, 0) is 0 Å². The minimum atomic E-state index is -4.98. The maximum atomic E-state index is 13.1. The van der Waals surface area contributed by atoms with Gasteiger partial charge in [-0.05, 0) is 22.0 Å².